The Kier molecular flexibility index (Phi) is 3.88. The largest absolute Gasteiger partial charge is 0.404 e. The zero-order valence-corrected chi connectivity index (χ0v) is 10.3. The lowest BCUT2D eigenvalue weighted by molar-refractivity contribution is 0.112. The van der Waals surface area contributed by atoms with Gasteiger partial charge in [0.25, 0.3) is 0 Å². The highest BCUT2D eigenvalue weighted by Gasteiger charge is 2.00. The number of carbonyl (C=O) groups excluding carboxylic acids is 1. The smallest absolute Gasteiger partial charge is 0.150 e. The van der Waals surface area contributed by atoms with Gasteiger partial charge in [0, 0.05) is 23.6 Å². The molecule has 0 saturated heterocycles. The predicted octanol–water partition coefficient (Wildman–Crippen LogP) is 3.12. The zero-order chi connectivity index (χ0) is 13.7. The Hall–Kier alpha value is -2.68. The summed E-state index contributed by atoms with van der Waals surface area (Å²) in [4.78, 5) is 10.6. The van der Waals surface area contributed by atoms with Crippen LogP contribution in [0.2, 0.25) is 0 Å². The molecule has 0 aliphatic carbocycles. The number of carbonyl (C=O) groups is 1. The van der Waals surface area contributed by atoms with Gasteiger partial charge in [0.2, 0.25) is 0 Å². The van der Waals surface area contributed by atoms with Crippen molar-refractivity contribution in [3.63, 3.8) is 0 Å². The van der Waals surface area contributed by atoms with Crippen molar-refractivity contribution in [3.8, 4) is 11.1 Å². The van der Waals surface area contributed by atoms with Gasteiger partial charge < -0.3 is 11.1 Å². The fraction of sp³-hybridized carbons (Fsp3) is 0. The fourth-order valence-electron chi connectivity index (χ4n) is 1.84. The fourth-order valence-corrected chi connectivity index (χ4v) is 1.84. The van der Waals surface area contributed by atoms with Crippen molar-refractivity contribution in [1.82, 2.24) is 0 Å². The molecule has 19 heavy (non-hydrogen) atoms. The molecule has 0 atom stereocenters. The van der Waals surface area contributed by atoms with E-state index in [-0.39, 0.29) is 0 Å². The molecule has 0 spiro atoms. The molecule has 0 aliphatic heterocycles. The Labute approximate surface area is 111 Å². The van der Waals surface area contributed by atoms with Crippen molar-refractivity contribution in [2.24, 2.45) is 5.73 Å². The number of allylic oxidation sites excluding steroid dienone is 1. The minimum absolute atomic E-state index is 0.664. The minimum atomic E-state index is 0.664. The lowest BCUT2D eigenvalue weighted by atomic mass is 10.0. The van der Waals surface area contributed by atoms with Gasteiger partial charge in [-0.3, -0.25) is 4.79 Å². The van der Waals surface area contributed by atoms with Crippen LogP contribution in [0.3, 0.4) is 0 Å². The molecule has 3 N–H and O–H groups in total. The van der Waals surface area contributed by atoms with Gasteiger partial charge in [-0.05, 0) is 16.7 Å². The molecule has 0 bridgehead atoms. The first-order valence-electron chi connectivity index (χ1n) is 5.87. The van der Waals surface area contributed by atoms with Crippen molar-refractivity contribution >= 4 is 18.1 Å². The maximum absolute atomic E-state index is 10.6. The van der Waals surface area contributed by atoms with Crippen LogP contribution >= 0.6 is 0 Å². The number of hydrogen-bond acceptors (Lipinski definition) is 3. The van der Waals surface area contributed by atoms with Gasteiger partial charge >= 0.3 is 0 Å². The predicted molar refractivity (Wildman–Crippen MR) is 78.2 cm³/mol. The maximum atomic E-state index is 10.6. The summed E-state index contributed by atoms with van der Waals surface area (Å²) >= 11 is 0. The van der Waals surface area contributed by atoms with Crippen LogP contribution in [0, 0.1) is 5.41 Å². The minimum Gasteiger partial charge on any atom is -0.404 e. The zero-order valence-electron chi connectivity index (χ0n) is 10.3. The summed E-state index contributed by atoms with van der Waals surface area (Å²) in [5.41, 5.74) is 9.81. The normalized spacial score (nSPS) is 11.1. The summed E-state index contributed by atoms with van der Waals surface area (Å²) in [7, 11) is 0. The number of benzene rings is 2. The molecular formula is C16H14N2O. The monoisotopic (exact) mass is 250 g/mol. The van der Waals surface area contributed by atoms with E-state index in [9.17, 15) is 4.79 Å². The van der Waals surface area contributed by atoms with Gasteiger partial charge in [-0.25, -0.2) is 0 Å². The molecular weight excluding hydrogens is 236 g/mol. The lowest BCUT2D eigenvalue weighted by Gasteiger charge is -2.05. The molecule has 94 valence electrons. The van der Waals surface area contributed by atoms with Crippen molar-refractivity contribution in [2.75, 3.05) is 0 Å². The SMILES string of the molecule is N=C/C(=C\N)c1ccc(-c2ccc(C=O)cc2)cc1. The van der Waals surface area contributed by atoms with Gasteiger partial charge in [-0.2, -0.15) is 0 Å². The average Bonchev–Trinajstić information content (AvgIpc) is 2.49. The first kappa shape index (κ1) is 12.8. The van der Waals surface area contributed by atoms with Crippen molar-refractivity contribution in [1.29, 1.82) is 5.41 Å². The van der Waals surface area contributed by atoms with Crippen LogP contribution in [-0.2, 0) is 0 Å². The topological polar surface area (TPSA) is 66.9 Å². The van der Waals surface area contributed by atoms with Crippen LogP contribution in [0.4, 0.5) is 0 Å². The molecule has 0 saturated carbocycles. The van der Waals surface area contributed by atoms with Crippen LogP contribution < -0.4 is 5.73 Å². The van der Waals surface area contributed by atoms with Crippen molar-refractivity contribution in [2.45, 2.75) is 0 Å². The Balaban J connectivity index is 2.31. The second-order valence-electron chi connectivity index (χ2n) is 4.08. The Bertz CT molecular complexity index is 610. The average molecular weight is 250 g/mol. The van der Waals surface area contributed by atoms with E-state index >= 15 is 0 Å². The Morgan fingerprint density at radius 3 is 1.89 bits per heavy atom. The highest BCUT2D eigenvalue weighted by atomic mass is 16.1. The third-order valence-electron chi connectivity index (χ3n) is 2.93. The number of aldehydes is 1. The lowest BCUT2D eigenvalue weighted by Crippen LogP contribution is -1.90. The summed E-state index contributed by atoms with van der Waals surface area (Å²) in [6, 6.07) is 15.2. The van der Waals surface area contributed by atoms with E-state index in [1.54, 1.807) is 12.1 Å². The molecule has 2 rings (SSSR count). The van der Waals surface area contributed by atoms with Crippen molar-refractivity contribution < 1.29 is 4.79 Å². The Morgan fingerprint density at radius 2 is 1.47 bits per heavy atom. The molecule has 0 fully saturated rings. The van der Waals surface area contributed by atoms with E-state index < -0.39 is 0 Å². The summed E-state index contributed by atoms with van der Waals surface area (Å²) in [5.74, 6) is 0. The number of nitrogens with one attached hydrogen (secondary N) is 1. The highest BCUT2D eigenvalue weighted by Crippen LogP contribution is 2.22. The van der Waals surface area contributed by atoms with E-state index in [0.717, 1.165) is 23.0 Å². The van der Waals surface area contributed by atoms with E-state index in [1.165, 1.54) is 12.4 Å². The van der Waals surface area contributed by atoms with Crippen LogP contribution in [0.1, 0.15) is 15.9 Å². The summed E-state index contributed by atoms with van der Waals surface area (Å²) in [6.45, 7) is 0. The van der Waals surface area contributed by atoms with Gasteiger partial charge in [-0.1, -0.05) is 48.5 Å². The molecule has 0 heterocycles. The highest BCUT2D eigenvalue weighted by molar-refractivity contribution is 6.08. The van der Waals surface area contributed by atoms with Crippen molar-refractivity contribution in [3.05, 3.63) is 65.9 Å². The van der Waals surface area contributed by atoms with E-state index in [4.69, 9.17) is 11.1 Å². The Morgan fingerprint density at radius 1 is 0.947 bits per heavy atom. The number of hydrogen-bond donors (Lipinski definition) is 2. The molecule has 0 radical (unpaired) electrons. The number of rotatable bonds is 4. The quantitative estimate of drug-likeness (QED) is 0.646. The molecule has 0 unspecified atom stereocenters. The van der Waals surface area contributed by atoms with Gasteiger partial charge in [0.15, 0.2) is 0 Å². The van der Waals surface area contributed by atoms with E-state index in [2.05, 4.69) is 0 Å². The summed E-state index contributed by atoms with van der Waals surface area (Å²) in [5, 5.41) is 7.25. The third kappa shape index (κ3) is 2.77. The van der Waals surface area contributed by atoms with E-state index in [1.807, 2.05) is 36.4 Å². The van der Waals surface area contributed by atoms with Gasteiger partial charge in [-0.15, -0.1) is 0 Å². The molecule has 0 amide bonds. The molecule has 3 nitrogen and oxygen atoms in total. The van der Waals surface area contributed by atoms with Crippen LogP contribution in [0.15, 0.2) is 54.7 Å². The second-order valence-corrected chi connectivity index (χ2v) is 4.08. The summed E-state index contributed by atoms with van der Waals surface area (Å²) < 4.78 is 0. The first-order valence-corrected chi connectivity index (χ1v) is 5.87. The third-order valence-corrected chi connectivity index (χ3v) is 2.93. The van der Waals surface area contributed by atoms with Crippen LogP contribution in [0.5, 0.6) is 0 Å². The molecule has 0 aromatic heterocycles. The van der Waals surface area contributed by atoms with Gasteiger partial charge in [0.1, 0.15) is 6.29 Å². The van der Waals surface area contributed by atoms with Crippen LogP contribution in [-0.4, -0.2) is 12.5 Å². The molecule has 2 aromatic rings. The maximum Gasteiger partial charge on any atom is 0.150 e. The first-order chi connectivity index (χ1) is 9.28. The molecule has 3 heteroatoms. The van der Waals surface area contributed by atoms with Gasteiger partial charge in [0.05, 0.1) is 0 Å². The number of nitrogens with two attached hydrogens (primary N) is 1. The standard InChI is InChI=1S/C16H14N2O/c17-9-16(10-18)15-7-5-14(6-8-15)13-3-1-12(11-19)2-4-13/h1-11,17H,18H2/b16-10+,17-9?. The van der Waals surface area contributed by atoms with E-state index in [0.29, 0.717) is 11.1 Å². The molecule has 2 aromatic carbocycles. The second kappa shape index (κ2) is 5.78. The van der Waals surface area contributed by atoms with Crippen LogP contribution in [0.25, 0.3) is 16.7 Å². The summed E-state index contributed by atoms with van der Waals surface area (Å²) in [6.07, 6.45) is 3.48. The molecule has 0 aliphatic rings.